The maximum absolute atomic E-state index is 12.1. The molecule has 0 saturated heterocycles. The molecule has 0 heterocycles. The lowest BCUT2D eigenvalue weighted by atomic mass is 10.1. The van der Waals surface area contributed by atoms with E-state index in [1.165, 1.54) is 12.1 Å². The quantitative estimate of drug-likeness (QED) is 0.569. The van der Waals surface area contributed by atoms with Crippen LogP contribution in [0.5, 0.6) is 0 Å². The van der Waals surface area contributed by atoms with Crippen LogP contribution in [0, 0.1) is 11.3 Å². The van der Waals surface area contributed by atoms with Crippen molar-refractivity contribution in [3.8, 4) is 11.3 Å². The first-order valence-electron chi connectivity index (χ1n) is 3.33. The van der Waals surface area contributed by atoms with Gasteiger partial charge in [0.2, 0.25) is 0 Å². The summed E-state index contributed by atoms with van der Waals surface area (Å²) in [6.07, 6.45) is -4.33. The molecule has 0 aromatic heterocycles. The van der Waals surface area contributed by atoms with E-state index in [0.29, 0.717) is 0 Å². The lowest BCUT2D eigenvalue weighted by molar-refractivity contribution is -0.137. The summed E-state index contributed by atoms with van der Waals surface area (Å²) in [7, 11) is 0. The molecular formula is C9H4ClF3. The highest BCUT2D eigenvalue weighted by atomic mass is 35.5. The number of rotatable bonds is 0. The van der Waals surface area contributed by atoms with Crippen LogP contribution in [0.4, 0.5) is 13.2 Å². The van der Waals surface area contributed by atoms with Crippen molar-refractivity contribution in [1.82, 2.24) is 0 Å². The Hall–Kier alpha value is -1.14. The van der Waals surface area contributed by atoms with Gasteiger partial charge in [-0.05, 0) is 35.7 Å². The van der Waals surface area contributed by atoms with Crippen LogP contribution in [0.2, 0.25) is 0 Å². The van der Waals surface area contributed by atoms with Crippen LogP contribution in [0.25, 0.3) is 0 Å². The zero-order valence-electron chi connectivity index (χ0n) is 6.32. The van der Waals surface area contributed by atoms with E-state index in [1.54, 1.807) is 0 Å². The first-order valence-corrected chi connectivity index (χ1v) is 3.71. The van der Waals surface area contributed by atoms with E-state index in [1.807, 2.05) is 5.38 Å². The molecule has 4 heteroatoms. The topological polar surface area (TPSA) is 0 Å². The van der Waals surface area contributed by atoms with Gasteiger partial charge in [-0.2, -0.15) is 13.2 Å². The van der Waals surface area contributed by atoms with Crippen molar-refractivity contribution in [3.63, 3.8) is 0 Å². The van der Waals surface area contributed by atoms with Crippen molar-refractivity contribution >= 4 is 11.6 Å². The predicted octanol–water partition coefficient (Wildman–Crippen LogP) is 3.25. The smallest absolute Gasteiger partial charge is 0.166 e. The van der Waals surface area contributed by atoms with Gasteiger partial charge in [0.25, 0.3) is 0 Å². The summed E-state index contributed by atoms with van der Waals surface area (Å²) in [5.41, 5.74) is -0.464. The third kappa shape index (κ3) is 2.67. The number of benzene rings is 1. The average Bonchev–Trinajstić information content (AvgIpc) is 2.04. The van der Waals surface area contributed by atoms with Gasteiger partial charge >= 0.3 is 6.18 Å². The number of hydrogen-bond acceptors (Lipinski definition) is 0. The lowest BCUT2D eigenvalue weighted by Crippen LogP contribution is -2.04. The number of halogens is 4. The molecule has 0 aliphatic rings. The predicted molar refractivity (Wildman–Crippen MR) is 44.2 cm³/mol. The van der Waals surface area contributed by atoms with Gasteiger partial charge < -0.3 is 0 Å². The fourth-order valence-corrected chi connectivity index (χ4v) is 0.937. The number of hydrogen-bond donors (Lipinski definition) is 0. The Labute approximate surface area is 78.3 Å². The van der Waals surface area contributed by atoms with Gasteiger partial charge in [0, 0.05) is 10.9 Å². The third-order valence-electron chi connectivity index (χ3n) is 1.38. The molecule has 0 spiro atoms. The second-order valence-electron chi connectivity index (χ2n) is 2.30. The normalized spacial score (nSPS) is 10.5. The zero-order chi connectivity index (χ0) is 9.90. The van der Waals surface area contributed by atoms with E-state index in [2.05, 4.69) is 5.92 Å². The van der Waals surface area contributed by atoms with Crippen LogP contribution in [0.15, 0.2) is 24.3 Å². The Morgan fingerprint density at radius 3 is 2.46 bits per heavy atom. The van der Waals surface area contributed by atoms with Gasteiger partial charge in [0.05, 0.1) is 5.56 Å². The number of alkyl halides is 3. The molecule has 0 fully saturated rings. The second-order valence-corrected chi connectivity index (χ2v) is 2.49. The maximum atomic E-state index is 12.1. The summed E-state index contributed by atoms with van der Waals surface area (Å²) in [6.45, 7) is 0. The van der Waals surface area contributed by atoms with Crippen LogP contribution >= 0.6 is 11.6 Å². The minimum atomic E-state index is -4.33. The van der Waals surface area contributed by atoms with E-state index >= 15 is 0 Å². The molecule has 0 N–H and O–H groups in total. The zero-order valence-corrected chi connectivity index (χ0v) is 7.08. The van der Waals surface area contributed by atoms with E-state index in [-0.39, 0.29) is 5.56 Å². The minimum Gasteiger partial charge on any atom is -0.166 e. The molecule has 0 saturated carbocycles. The Morgan fingerprint density at radius 1 is 1.23 bits per heavy atom. The van der Waals surface area contributed by atoms with Crippen molar-refractivity contribution in [1.29, 1.82) is 0 Å². The standard InChI is InChI=1S/C9H4ClF3/c10-5-4-7-2-1-3-8(6-7)9(11,12)13/h1-3,6H. The van der Waals surface area contributed by atoms with Crippen LogP contribution < -0.4 is 0 Å². The SMILES string of the molecule is FC(F)(F)c1cccc(C#CCl)c1. The van der Waals surface area contributed by atoms with E-state index < -0.39 is 11.7 Å². The van der Waals surface area contributed by atoms with Gasteiger partial charge in [0.15, 0.2) is 0 Å². The van der Waals surface area contributed by atoms with Crippen LogP contribution in [-0.4, -0.2) is 0 Å². The fourth-order valence-electron chi connectivity index (χ4n) is 0.828. The van der Waals surface area contributed by atoms with Gasteiger partial charge in [-0.25, -0.2) is 0 Å². The molecule has 0 unspecified atom stereocenters. The van der Waals surface area contributed by atoms with Crippen molar-refractivity contribution < 1.29 is 13.2 Å². The molecule has 68 valence electrons. The molecule has 13 heavy (non-hydrogen) atoms. The summed E-state index contributed by atoms with van der Waals surface area (Å²) >= 11 is 5.06. The molecule has 1 aromatic rings. The highest BCUT2D eigenvalue weighted by Gasteiger charge is 2.30. The van der Waals surface area contributed by atoms with Crippen LogP contribution in [-0.2, 0) is 6.18 Å². The van der Waals surface area contributed by atoms with E-state index in [4.69, 9.17) is 11.6 Å². The van der Waals surface area contributed by atoms with Gasteiger partial charge in [-0.1, -0.05) is 6.07 Å². The monoisotopic (exact) mass is 204 g/mol. The molecule has 0 atom stereocenters. The molecule has 0 aliphatic carbocycles. The Balaban J connectivity index is 3.10. The first kappa shape index (κ1) is 9.94. The van der Waals surface area contributed by atoms with Crippen molar-refractivity contribution in [2.45, 2.75) is 6.18 Å². The molecule has 0 bridgehead atoms. The summed E-state index contributed by atoms with van der Waals surface area (Å²) in [5, 5.41) is 2.02. The summed E-state index contributed by atoms with van der Waals surface area (Å²) in [4.78, 5) is 0. The second kappa shape index (κ2) is 3.71. The van der Waals surface area contributed by atoms with Crippen molar-refractivity contribution in [3.05, 3.63) is 35.4 Å². The lowest BCUT2D eigenvalue weighted by Gasteiger charge is -2.05. The Morgan fingerprint density at radius 2 is 1.92 bits per heavy atom. The molecule has 0 amide bonds. The van der Waals surface area contributed by atoms with Gasteiger partial charge in [0.1, 0.15) is 0 Å². The largest absolute Gasteiger partial charge is 0.416 e. The summed E-state index contributed by atoms with van der Waals surface area (Å²) < 4.78 is 36.4. The summed E-state index contributed by atoms with van der Waals surface area (Å²) in [5.74, 6) is 2.34. The van der Waals surface area contributed by atoms with Gasteiger partial charge in [-0.3, -0.25) is 0 Å². The van der Waals surface area contributed by atoms with E-state index in [0.717, 1.165) is 12.1 Å². The molecular weight excluding hydrogens is 201 g/mol. The summed E-state index contributed by atoms with van der Waals surface area (Å²) in [6, 6.07) is 4.69. The fraction of sp³-hybridized carbons (Fsp3) is 0.111. The van der Waals surface area contributed by atoms with Crippen molar-refractivity contribution in [2.24, 2.45) is 0 Å². The van der Waals surface area contributed by atoms with Crippen molar-refractivity contribution in [2.75, 3.05) is 0 Å². The van der Waals surface area contributed by atoms with E-state index in [9.17, 15) is 13.2 Å². The Bertz CT molecular complexity index is 357. The Kier molecular flexibility index (Phi) is 2.84. The maximum Gasteiger partial charge on any atom is 0.416 e. The first-order chi connectivity index (χ1) is 6.04. The minimum absolute atomic E-state index is 0.254. The molecule has 0 nitrogen and oxygen atoms in total. The highest BCUT2D eigenvalue weighted by molar-refractivity contribution is 6.30. The molecule has 1 aromatic carbocycles. The van der Waals surface area contributed by atoms with Crippen LogP contribution in [0.3, 0.4) is 0 Å². The molecule has 1 rings (SSSR count). The highest BCUT2D eigenvalue weighted by Crippen LogP contribution is 2.29. The molecule has 0 radical (unpaired) electrons. The average molecular weight is 205 g/mol. The van der Waals surface area contributed by atoms with Crippen LogP contribution in [0.1, 0.15) is 11.1 Å². The molecule has 0 aliphatic heterocycles. The van der Waals surface area contributed by atoms with Gasteiger partial charge in [-0.15, -0.1) is 0 Å². The third-order valence-corrected chi connectivity index (χ3v) is 1.48.